The SMILES string of the molecule is CC.CN1CCC(F)(F)CC1.Cc1nc(-c2ccc(-n3ccc4cc(C=O)cnc43)cn2)no1. The second kappa shape index (κ2) is 11.1. The van der Waals surface area contributed by atoms with E-state index in [1.54, 1.807) is 25.4 Å². The molecule has 1 fully saturated rings. The fraction of sp³-hybridized carbons (Fsp3) is 0.375. The van der Waals surface area contributed by atoms with Gasteiger partial charge in [0.2, 0.25) is 11.7 Å². The molecule has 0 radical (unpaired) electrons. The Morgan fingerprint density at radius 1 is 1.09 bits per heavy atom. The summed E-state index contributed by atoms with van der Waals surface area (Å²) < 4.78 is 31.6. The van der Waals surface area contributed by atoms with Gasteiger partial charge in [-0.05, 0) is 31.3 Å². The summed E-state index contributed by atoms with van der Waals surface area (Å²) in [5.74, 6) is -1.43. The summed E-state index contributed by atoms with van der Waals surface area (Å²) >= 11 is 0. The average molecular weight is 471 g/mol. The number of piperidine rings is 1. The quantitative estimate of drug-likeness (QED) is 0.391. The third-order valence-corrected chi connectivity index (χ3v) is 5.18. The number of aryl methyl sites for hydroxylation is 1. The number of aldehydes is 1. The van der Waals surface area contributed by atoms with Crippen molar-refractivity contribution in [2.45, 2.75) is 39.5 Å². The number of pyridine rings is 2. The van der Waals surface area contributed by atoms with Gasteiger partial charge in [-0.2, -0.15) is 4.98 Å². The van der Waals surface area contributed by atoms with Crippen LogP contribution in [0, 0.1) is 6.92 Å². The van der Waals surface area contributed by atoms with Gasteiger partial charge in [0.1, 0.15) is 11.3 Å². The highest BCUT2D eigenvalue weighted by Crippen LogP contribution is 2.26. The molecule has 5 heterocycles. The van der Waals surface area contributed by atoms with Crippen LogP contribution in [0.5, 0.6) is 0 Å². The number of carbonyl (C=O) groups excluding carboxylic acids is 1. The summed E-state index contributed by atoms with van der Waals surface area (Å²) in [4.78, 5) is 25.6. The normalized spacial score (nSPS) is 15.1. The Morgan fingerprint density at radius 2 is 1.82 bits per heavy atom. The monoisotopic (exact) mass is 470 g/mol. The van der Waals surface area contributed by atoms with Gasteiger partial charge in [-0.1, -0.05) is 19.0 Å². The third-order valence-electron chi connectivity index (χ3n) is 5.18. The maximum absolute atomic E-state index is 12.4. The van der Waals surface area contributed by atoms with E-state index in [1.165, 1.54) is 0 Å². The van der Waals surface area contributed by atoms with Crippen LogP contribution in [0.15, 0.2) is 47.4 Å². The Kier molecular flexibility index (Phi) is 8.17. The first-order chi connectivity index (χ1) is 16.3. The van der Waals surface area contributed by atoms with Gasteiger partial charge in [0, 0.05) is 56.2 Å². The van der Waals surface area contributed by atoms with Crippen LogP contribution in [0.1, 0.15) is 42.9 Å². The maximum Gasteiger partial charge on any atom is 0.250 e. The topological polar surface area (TPSA) is 89.9 Å². The number of halogens is 2. The molecule has 4 aromatic rings. The molecule has 0 aromatic carbocycles. The molecule has 180 valence electrons. The second-order valence-electron chi connectivity index (χ2n) is 7.68. The fourth-order valence-corrected chi connectivity index (χ4v) is 3.32. The molecule has 0 unspecified atom stereocenters. The van der Waals surface area contributed by atoms with Crippen LogP contribution in [-0.2, 0) is 0 Å². The number of nitrogens with zero attached hydrogens (tertiary/aromatic N) is 6. The van der Waals surface area contributed by atoms with Crippen molar-refractivity contribution < 1.29 is 18.1 Å². The van der Waals surface area contributed by atoms with Crippen molar-refractivity contribution in [3.05, 3.63) is 54.3 Å². The van der Waals surface area contributed by atoms with Crippen molar-refractivity contribution in [3.8, 4) is 17.2 Å². The largest absolute Gasteiger partial charge is 0.339 e. The zero-order valence-electron chi connectivity index (χ0n) is 19.7. The van der Waals surface area contributed by atoms with Crippen LogP contribution < -0.4 is 0 Å². The van der Waals surface area contributed by atoms with Crippen LogP contribution in [0.3, 0.4) is 0 Å². The van der Waals surface area contributed by atoms with Gasteiger partial charge in [0.25, 0.3) is 5.92 Å². The van der Waals surface area contributed by atoms with Crippen molar-refractivity contribution in [3.63, 3.8) is 0 Å². The molecule has 5 rings (SSSR count). The molecule has 0 amide bonds. The Balaban J connectivity index is 0.000000248. The molecule has 34 heavy (non-hydrogen) atoms. The average Bonchev–Trinajstić information content (AvgIpc) is 3.48. The van der Waals surface area contributed by atoms with E-state index in [0.29, 0.717) is 36.1 Å². The number of alkyl halides is 2. The molecule has 10 heteroatoms. The lowest BCUT2D eigenvalue weighted by Crippen LogP contribution is -2.36. The highest BCUT2D eigenvalue weighted by molar-refractivity contribution is 5.85. The number of hydrogen-bond acceptors (Lipinski definition) is 7. The van der Waals surface area contributed by atoms with Crippen molar-refractivity contribution in [2.75, 3.05) is 20.1 Å². The molecule has 0 spiro atoms. The predicted octanol–water partition coefficient (Wildman–Crippen LogP) is 4.96. The zero-order chi connectivity index (χ0) is 24.7. The van der Waals surface area contributed by atoms with Crippen LogP contribution in [0.2, 0.25) is 0 Å². The summed E-state index contributed by atoms with van der Waals surface area (Å²) in [5.41, 5.74) is 2.81. The number of fused-ring (bicyclic) bond motifs is 1. The number of carbonyl (C=O) groups is 1. The van der Waals surface area contributed by atoms with Gasteiger partial charge >= 0.3 is 0 Å². The lowest BCUT2D eigenvalue weighted by atomic mass is 10.1. The lowest BCUT2D eigenvalue weighted by molar-refractivity contribution is -0.0504. The third kappa shape index (κ3) is 6.07. The molecule has 4 aromatic heterocycles. The summed E-state index contributed by atoms with van der Waals surface area (Å²) in [6, 6.07) is 7.44. The predicted molar refractivity (Wildman–Crippen MR) is 125 cm³/mol. The van der Waals surface area contributed by atoms with E-state index in [-0.39, 0.29) is 12.8 Å². The first-order valence-corrected chi connectivity index (χ1v) is 11.1. The first kappa shape index (κ1) is 25.1. The molecule has 0 N–H and O–H groups in total. The van der Waals surface area contributed by atoms with Crippen LogP contribution in [-0.4, -0.2) is 61.9 Å². The molecular weight excluding hydrogens is 442 g/mol. The van der Waals surface area contributed by atoms with E-state index in [9.17, 15) is 13.6 Å². The highest BCUT2D eigenvalue weighted by Gasteiger charge is 2.32. The van der Waals surface area contributed by atoms with E-state index < -0.39 is 5.92 Å². The molecule has 1 aliphatic heterocycles. The standard InChI is InChI=1S/C16H11N5O2.C6H11F2N.C2H6/c1-10-19-15(20-23-10)14-3-2-13(8-17-14)21-5-4-12-6-11(9-22)7-18-16(12)21;1-9-4-2-6(7,8)3-5-9;1-2/h2-9H,1H3;2-5H2,1H3;1-2H3. The summed E-state index contributed by atoms with van der Waals surface area (Å²) in [6.07, 6.45) is 6.01. The first-order valence-electron chi connectivity index (χ1n) is 11.1. The summed E-state index contributed by atoms with van der Waals surface area (Å²) in [7, 11) is 1.87. The second-order valence-corrected chi connectivity index (χ2v) is 7.68. The summed E-state index contributed by atoms with van der Waals surface area (Å²) in [5, 5.41) is 4.74. The number of rotatable bonds is 3. The van der Waals surface area contributed by atoms with Crippen molar-refractivity contribution in [1.29, 1.82) is 0 Å². The highest BCUT2D eigenvalue weighted by atomic mass is 19.3. The maximum atomic E-state index is 12.4. The molecule has 8 nitrogen and oxygen atoms in total. The van der Waals surface area contributed by atoms with Crippen LogP contribution in [0.4, 0.5) is 8.78 Å². The lowest BCUT2D eigenvalue weighted by Gasteiger charge is -2.28. The van der Waals surface area contributed by atoms with Crippen LogP contribution in [0.25, 0.3) is 28.2 Å². The van der Waals surface area contributed by atoms with E-state index >= 15 is 0 Å². The van der Waals surface area contributed by atoms with E-state index in [4.69, 9.17) is 4.52 Å². The Bertz CT molecular complexity index is 1210. The molecule has 0 aliphatic carbocycles. The molecule has 0 atom stereocenters. The van der Waals surface area contributed by atoms with E-state index in [1.807, 2.05) is 54.8 Å². The smallest absolute Gasteiger partial charge is 0.250 e. The Morgan fingerprint density at radius 3 is 2.38 bits per heavy atom. The van der Waals surface area contributed by atoms with E-state index in [2.05, 4.69) is 20.1 Å². The Labute approximate surface area is 196 Å². The molecule has 0 bridgehead atoms. The molecular formula is C24H28F2N6O2. The Hall–Kier alpha value is -3.53. The minimum Gasteiger partial charge on any atom is -0.339 e. The number of hydrogen-bond donors (Lipinski definition) is 0. The summed E-state index contributed by atoms with van der Waals surface area (Å²) in [6.45, 7) is 6.80. The van der Waals surface area contributed by atoms with Crippen molar-refractivity contribution in [2.24, 2.45) is 0 Å². The molecule has 1 saturated heterocycles. The zero-order valence-corrected chi connectivity index (χ0v) is 19.7. The number of likely N-dealkylation sites (tertiary alicyclic amines) is 1. The van der Waals surface area contributed by atoms with Gasteiger partial charge in [-0.3, -0.25) is 14.3 Å². The van der Waals surface area contributed by atoms with E-state index in [0.717, 1.165) is 23.0 Å². The minimum absolute atomic E-state index is 0.0312. The van der Waals surface area contributed by atoms with Crippen LogP contribution >= 0.6 is 0 Å². The van der Waals surface area contributed by atoms with Gasteiger partial charge in [0.15, 0.2) is 6.29 Å². The number of aromatic nitrogens is 5. The van der Waals surface area contributed by atoms with Gasteiger partial charge in [0.05, 0.1) is 11.9 Å². The molecule has 1 aliphatic rings. The van der Waals surface area contributed by atoms with Gasteiger partial charge < -0.3 is 9.42 Å². The van der Waals surface area contributed by atoms with Crippen molar-refractivity contribution >= 4 is 17.3 Å². The molecule has 0 saturated carbocycles. The fourth-order valence-electron chi connectivity index (χ4n) is 3.32. The minimum atomic E-state index is -2.38. The van der Waals surface area contributed by atoms with Gasteiger partial charge in [-0.15, -0.1) is 0 Å². The van der Waals surface area contributed by atoms with Crippen molar-refractivity contribution in [1.82, 2.24) is 29.6 Å². The van der Waals surface area contributed by atoms with Gasteiger partial charge in [-0.25, -0.2) is 13.8 Å².